The molecule has 72 valence electrons. The third kappa shape index (κ3) is 1.97. The van der Waals surface area contributed by atoms with Crippen LogP contribution in [-0.2, 0) is 0 Å². The van der Waals surface area contributed by atoms with E-state index in [1.165, 1.54) is 0 Å². The molecule has 1 unspecified atom stereocenters. The third-order valence-electron chi connectivity index (χ3n) is 2.62. The second-order valence-electron chi connectivity index (χ2n) is 4.18. The molecule has 0 radical (unpaired) electrons. The minimum absolute atomic E-state index is 0.264. The molecule has 0 saturated carbocycles. The average molecular weight is 172 g/mol. The summed E-state index contributed by atoms with van der Waals surface area (Å²) < 4.78 is 0. The highest BCUT2D eigenvalue weighted by molar-refractivity contribution is 4.85. The van der Waals surface area contributed by atoms with Crippen LogP contribution in [0.5, 0.6) is 0 Å². The van der Waals surface area contributed by atoms with Crippen LogP contribution in [0, 0.1) is 5.92 Å². The number of rotatable bonds is 3. The largest absolute Gasteiger partial charge is 0.378 e. The monoisotopic (exact) mass is 172 g/mol. The lowest BCUT2D eigenvalue weighted by Crippen LogP contribution is -2.57. The van der Waals surface area contributed by atoms with Crippen molar-refractivity contribution >= 4 is 0 Å². The molecule has 1 fully saturated rings. The normalized spacial score (nSPS) is 23.2. The highest BCUT2D eigenvalue weighted by Crippen LogP contribution is 2.22. The fraction of sp³-hybridized carbons (Fsp3) is 1.00. The van der Waals surface area contributed by atoms with Gasteiger partial charge >= 0.3 is 0 Å². The van der Waals surface area contributed by atoms with Crippen molar-refractivity contribution in [1.82, 2.24) is 9.80 Å². The lowest BCUT2D eigenvalue weighted by Gasteiger charge is -2.45. The fourth-order valence-corrected chi connectivity index (χ4v) is 1.58. The highest BCUT2D eigenvalue weighted by Gasteiger charge is 2.34. The molecule has 3 nitrogen and oxygen atoms in total. The standard InChI is InChI=1S/C9H20N2O/c1-7(2)11-5-8(6-11)9(12)10(3)4/h7-9,12H,5-6H2,1-4H3. The van der Waals surface area contributed by atoms with E-state index in [9.17, 15) is 5.11 Å². The van der Waals surface area contributed by atoms with Crippen molar-refractivity contribution in [3.05, 3.63) is 0 Å². The van der Waals surface area contributed by atoms with Crippen LogP contribution in [0.2, 0.25) is 0 Å². The van der Waals surface area contributed by atoms with Crippen LogP contribution in [0.15, 0.2) is 0 Å². The van der Waals surface area contributed by atoms with E-state index >= 15 is 0 Å². The Labute approximate surface area is 75.0 Å². The van der Waals surface area contributed by atoms with Gasteiger partial charge in [0.2, 0.25) is 0 Å². The lowest BCUT2D eigenvalue weighted by atomic mass is 9.96. The Kier molecular flexibility index (Phi) is 3.09. The van der Waals surface area contributed by atoms with Crippen molar-refractivity contribution in [3.63, 3.8) is 0 Å². The molecule has 0 aromatic rings. The van der Waals surface area contributed by atoms with E-state index in [1.54, 1.807) is 0 Å². The summed E-state index contributed by atoms with van der Waals surface area (Å²) in [5, 5.41) is 9.65. The van der Waals surface area contributed by atoms with Gasteiger partial charge < -0.3 is 5.11 Å². The van der Waals surface area contributed by atoms with Crippen LogP contribution in [0.3, 0.4) is 0 Å². The molecule has 1 aliphatic rings. The van der Waals surface area contributed by atoms with Crippen LogP contribution in [-0.4, -0.2) is 54.4 Å². The van der Waals surface area contributed by atoms with E-state index < -0.39 is 0 Å². The van der Waals surface area contributed by atoms with Crippen molar-refractivity contribution in [2.75, 3.05) is 27.2 Å². The number of aliphatic hydroxyl groups excluding tert-OH is 1. The van der Waals surface area contributed by atoms with Gasteiger partial charge in [0.1, 0.15) is 6.23 Å². The van der Waals surface area contributed by atoms with Gasteiger partial charge in [0.05, 0.1) is 0 Å². The van der Waals surface area contributed by atoms with Crippen molar-refractivity contribution in [2.24, 2.45) is 5.92 Å². The lowest BCUT2D eigenvalue weighted by molar-refractivity contribution is -0.0815. The Hall–Kier alpha value is -0.120. The van der Waals surface area contributed by atoms with Crippen molar-refractivity contribution < 1.29 is 5.11 Å². The first kappa shape index (κ1) is 9.96. The second-order valence-corrected chi connectivity index (χ2v) is 4.18. The summed E-state index contributed by atoms with van der Waals surface area (Å²) in [5.41, 5.74) is 0. The van der Waals surface area contributed by atoms with E-state index in [0.29, 0.717) is 12.0 Å². The first-order valence-electron chi connectivity index (χ1n) is 4.61. The molecule has 1 heterocycles. The first-order valence-corrected chi connectivity index (χ1v) is 4.61. The second kappa shape index (κ2) is 3.73. The van der Waals surface area contributed by atoms with Gasteiger partial charge in [0, 0.05) is 25.0 Å². The van der Waals surface area contributed by atoms with Gasteiger partial charge in [0.15, 0.2) is 0 Å². The molecule has 1 saturated heterocycles. The maximum Gasteiger partial charge on any atom is 0.112 e. The number of nitrogens with zero attached hydrogens (tertiary/aromatic N) is 2. The topological polar surface area (TPSA) is 26.7 Å². The van der Waals surface area contributed by atoms with E-state index in [4.69, 9.17) is 0 Å². The number of likely N-dealkylation sites (tertiary alicyclic amines) is 1. The Morgan fingerprint density at radius 2 is 1.83 bits per heavy atom. The molecule has 3 heteroatoms. The molecular weight excluding hydrogens is 152 g/mol. The van der Waals surface area contributed by atoms with Gasteiger partial charge in [-0.3, -0.25) is 9.80 Å². The zero-order valence-electron chi connectivity index (χ0n) is 8.49. The predicted molar refractivity (Wildman–Crippen MR) is 49.9 cm³/mol. The molecule has 0 aromatic carbocycles. The maximum atomic E-state index is 9.65. The van der Waals surface area contributed by atoms with Crippen LogP contribution in [0.25, 0.3) is 0 Å². The summed E-state index contributed by atoms with van der Waals surface area (Å²) >= 11 is 0. The Bertz CT molecular complexity index is 141. The minimum Gasteiger partial charge on any atom is -0.378 e. The molecule has 0 spiro atoms. The van der Waals surface area contributed by atoms with E-state index in [0.717, 1.165) is 13.1 Å². The average Bonchev–Trinajstić information content (AvgIpc) is 1.82. The van der Waals surface area contributed by atoms with Crippen molar-refractivity contribution in [3.8, 4) is 0 Å². The number of aliphatic hydroxyl groups is 1. The van der Waals surface area contributed by atoms with Crippen LogP contribution < -0.4 is 0 Å². The van der Waals surface area contributed by atoms with Gasteiger partial charge in [-0.1, -0.05) is 0 Å². The van der Waals surface area contributed by atoms with E-state index in [1.807, 2.05) is 19.0 Å². The van der Waals surface area contributed by atoms with Crippen molar-refractivity contribution in [2.45, 2.75) is 26.1 Å². The number of hydrogen-bond acceptors (Lipinski definition) is 3. The number of hydrogen-bond donors (Lipinski definition) is 1. The molecule has 1 aliphatic heterocycles. The Balaban J connectivity index is 2.25. The zero-order valence-corrected chi connectivity index (χ0v) is 8.49. The molecule has 0 aromatic heterocycles. The quantitative estimate of drug-likeness (QED) is 0.616. The summed E-state index contributed by atoms with van der Waals surface area (Å²) in [6, 6.07) is 0.621. The Morgan fingerprint density at radius 1 is 1.33 bits per heavy atom. The molecular formula is C9H20N2O. The van der Waals surface area contributed by atoms with Gasteiger partial charge in [0.25, 0.3) is 0 Å². The third-order valence-corrected chi connectivity index (χ3v) is 2.62. The fourth-order valence-electron chi connectivity index (χ4n) is 1.58. The van der Waals surface area contributed by atoms with Gasteiger partial charge in [-0.15, -0.1) is 0 Å². The molecule has 1 rings (SSSR count). The summed E-state index contributed by atoms with van der Waals surface area (Å²) in [6.45, 7) is 6.46. The van der Waals surface area contributed by atoms with Crippen LogP contribution >= 0.6 is 0 Å². The van der Waals surface area contributed by atoms with Gasteiger partial charge in [-0.05, 0) is 27.9 Å². The SMILES string of the molecule is CC(C)N1CC(C(O)N(C)C)C1. The molecule has 0 amide bonds. The zero-order chi connectivity index (χ0) is 9.30. The summed E-state index contributed by atoms with van der Waals surface area (Å²) in [5.74, 6) is 0.447. The molecule has 12 heavy (non-hydrogen) atoms. The highest BCUT2D eigenvalue weighted by atomic mass is 16.3. The minimum atomic E-state index is -0.264. The smallest absolute Gasteiger partial charge is 0.112 e. The summed E-state index contributed by atoms with van der Waals surface area (Å²) in [6.07, 6.45) is -0.264. The van der Waals surface area contributed by atoms with E-state index in [2.05, 4.69) is 18.7 Å². The van der Waals surface area contributed by atoms with Gasteiger partial charge in [-0.2, -0.15) is 0 Å². The molecule has 0 bridgehead atoms. The summed E-state index contributed by atoms with van der Waals surface area (Å²) in [7, 11) is 3.84. The van der Waals surface area contributed by atoms with Crippen LogP contribution in [0.4, 0.5) is 0 Å². The summed E-state index contributed by atoms with van der Waals surface area (Å²) in [4.78, 5) is 4.25. The Morgan fingerprint density at radius 3 is 2.17 bits per heavy atom. The van der Waals surface area contributed by atoms with Gasteiger partial charge in [-0.25, -0.2) is 0 Å². The molecule has 1 atom stereocenters. The molecule has 1 N–H and O–H groups in total. The predicted octanol–water partition coefficient (Wildman–Crippen LogP) is 0.207. The first-order chi connectivity index (χ1) is 5.52. The van der Waals surface area contributed by atoms with E-state index in [-0.39, 0.29) is 6.23 Å². The maximum absolute atomic E-state index is 9.65. The van der Waals surface area contributed by atoms with Crippen molar-refractivity contribution in [1.29, 1.82) is 0 Å². The molecule has 0 aliphatic carbocycles. The van der Waals surface area contributed by atoms with Crippen LogP contribution in [0.1, 0.15) is 13.8 Å².